The van der Waals surface area contributed by atoms with Crippen molar-refractivity contribution < 1.29 is 24.2 Å². The molecule has 0 aliphatic carbocycles. The number of carboxylic acid groups (broad SMARTS) is 1. The van der Waals surface area contributed by atoms with Gasteiger partial charge in [-0.3, -0.25) is 4.79 Å². The molecule has 0 bridgehead atoms. The first kappa shape index (κ1) is 16.3. The number of carboxylic acids is 1. The van der Waals surface area contributed by atoms with E-state index in [1.807, 2.05) is 12.1 Å². The lowest BCUT2D eigenvalue weighted by Crippen LogP contribution is -2.28. The standard InChI is InChI=1S/C17H13N3O5/c1-25-11-4-2-10(3-5-11)7-20-16-12(6-18-20)13(8-21)15(17(23)24)14(9-22)19-16/h2-6,15,19H,7H2,1H3,(H,23,24). The Balaban J connectivity index is 2.00. The molecule has 8 heteroatoms. The topological polar surface area (TPSA) is 111 Å². The highest BCUT2D eigenvalue weighted by atomic mass is 16.5. The molecule has 0 fully saturated rings. The number of nitrogens with zero attached hydrogens (tertiary/aromatic N) is 2. The van der Waals surface area contributed by atoms with Crippen LogP contribution in [-0.2, 0) is 20.9 Å². The number of aromatic nitrogens is 2. The SMILES string of the molecule is COc1ccc(Cn2ncc3c2NC(=C=O)C(C(=O)O)C3=C=O)cc1. The van der Waals surface area contributed by atoms with Crippen LogP contribution in [0.4, 0.5) is 5.82 Å². The van der Waals surface area contributed by atoms with Crippen LogP contribution in [0.1, 0.15) is 11.1 Å². The van der Waals surface area contributed by atoms with Gasteiger partial charge in [0.15, 0.2) is 0 Å². The second kappa shape index (κ2) is 6.49. The summed E-state index contributed by atoms with van der Waals surface area (Å²) in [6.45, 7) is 0.350. The van der Waals surface area contributed by atoms with Gasteiger partial charge < -0.3 is 15.2 Å². The van der Waals surface area contributed by atoms with Gasteiger partial charge in [0, 0.05) is 0 Å². The zero-order valence-electron chi connectivity index (χ0n) is 13.1. The van der Waals surface area contributed by atoms with Crippen LogP contribution >= 0.6 is 0 Å². The van der Waals surface area contributed by atoms with Crippen molar-refractivity contribution in [3.8, 4) is 5.75 Å². The fourth-order valence-corrected chi connectivity index (χ4v) is 2.68. The van der Waals surface area contributed by atoms with Gasteiger partial charge >= 0.3 is 5.97 Å². The average Bonchev–Trinajstić information content (AvgIpc) is 3.03. The third-order valence-electron chi connectivity index (χ3n) is 3.92. The molecule has 1 unspecified atom stereocenters. The molecule has 0 saturated carbocycles. The number of carbonyl (C=O) groups is 1. The predicted octanol–water partition coefficient (Wildman–Crippen LogP) is 0.997. The van der Waals surface area contributed by atoms with Crippen LogP contribution in [0.25, 0.3) is 5.57 Å². The summed E-state index contributed by atoms with van der Waals surface area (Å²) in [5.74, 6) is 1.48. The Bertz CT molecular complexity index is 932. The van der Waals surface area contributed by atoms with Gasteiger partial charge in [-0.1, -0.05) is 12.1 Å². The molecule has 2 N–H and O–H groups in total. The first-order valence-electron chi connectivity index (χ1n) is 7.28. The van der Waals surface area contributed by atoms with Crippen molar-refractivity contribution in [1.82, 2.24) is 9.78 Å². The van der Waals surface area contributed by atoms with E-state index in [1.165, 1.54) is 10.9 Å². The Kier molecular flexibility index (Phi) is 4.22. The first-order valence-corrected chi connectivity index (χ1v) is 7.28. The number of benzene rings is 1. The molecule has 0 spiro atoms. The van der Waals surface area contributed by atoms with Gasteiger partial charge in [-0.05, 0) is 17.7 Å². The third kappa shape index (κ3) is 2.83. The number of anilines is 1. The average molecular weight is 339 g/mol. The third-order valence-corrected chi connectivity index (χ3v) is 3.92. The van der Waals surface area contributed by atoms with E-state index in [1.54, 1.807) is 31.1 Å². The Hall–Kier alpha value is -3.60. The highest BCUT2D eigenvalue weighted by molar-refractivity contribution is 6.06. The second-order valence-corrected chi connectivity index (χ2v) is 5.34. The van der Waals surface area contributed by atoms with Crippen molar-refractivity contribution in [2.24, 2.45) is 5.92 Å². The van der Waals surface area contributed by atoms with E-state index < -0.39 is 11.9 Å². The highest BCUT2D eigenvalue weighted by Crippen LogP contribution is 2.37. The number of methoxy groups -OCH3 is 1. The van der Waals surface area contributed by atoms with Gasteiger partial charge in [-0.15, -0.1) is 0 Å². The quantitative estimate of drug-likeness (QED) is 0.799. The summed E-state index contributed by atoms with van der Waals surface area (Å²) in [6, 6.07) is 7.30. The molecule has 25 heavy (non-hydrogen) atoms. The normalized spacial score (nSPS) is 15.6. The van der Waals surface area contributed by atoms with Crippen molar-refractivity contribution in [2.75, 3.05) is 12.4 Å². The van der Waals surface area contributed by atoms with Gasteiger partial charge in [0.2, 0.25) is 0 Å². The second-order valence-electron chi connectivity index (χ2n) is 5.34. The zero-order valence-corrected chi connectivity index (χ0v) is 13.1. The molecular weight excluding hydrogens is 326 g/mol. The first-order chi connectivity index (χ1) is 12.1. The summed E-state index contributed by atoms with van der Waals surface area (Å²) >= 11 is 0. The molecular formula is C17H13N3O5. The van der Waals surface area contributed by atoms with E-state index >= 15 is 0 Å². The van der Waals surface area contributed by atoms with Crippen molar-refractivity contribution in [3.05, 3.63) is 47.3 Å². The van der Waals surface area contributed by atoms with Crippen LogP contribution in [0, 0.1) is 5.92 Å². The molecule has 2 aromatic rings. The van der Waals surface area contributed by atoms with Gasteiger partial charge in [-0.25, -0.2) is 14.3 Å². The van der Waals surface area contributed by atoms with Gasteiger partial charge in [0.05, 0.1) is 31.0 Å². The predicted molar refractivity (Wildman–Crippen MR) is 87.4 cm³/mol. The fraction of sp³-hybridized carbons (Fsp3) is 0.176. The molecule has 1 aliphatic rings. The van der Waals surface area contributed by atoms with Crippen LogP contribution in [0.3, 0.4) is 0 Å². The molecule has 0 saturated heterocycles. The molecule has 0 amide bonds. The summed E-state index contributed by atoms with van der Waals surface area (Å²) < 4.78 is 6.63. The lowest BCUT2D eigenvalue weighted by molar-refractivity contribution is -0.138. The summed E-state index contributed by atoms with van der Waals surface area (Å²) in [7, 11) is 1.57. The lowest BCUT2D eigenvalue weighted by atomic mass is 9.89. The number of carbonyl (C=O) groups excluding carboxylic acids is 2. The van der Waals surface area contributed by atoms with Crippen molar-refractivity contribution >= 4 is 29.2 Å². The summed E-state index contributed by atoms with van der Waals surface area (Å²) in [4.78, 5) is 33.8. The molecule has 1 aliphatic heterocycles. The van der Waals surface area contributed by atoms with Crippen LogP contribution < -0.4 is 10.1 Å². The number of hydrogen-bond donors (Lipinski definition) is 2. The van der Waals surface area contributed by atoms with Crippen LogP contribution in [0.2, 0.25) is 0 Å². The van der Waals surface area contributed by atoms with Crippen LogP contribution in [0.15, 0.2) is 36.2 Å². The molecule has 8 nitrogen and oxygen atoms in total. The maximum absolute atomic E-state index is 11.4. The van der Waals surface area contributed by atoms with E-state index in [4.69, 9.17) is 4.74 Å². The molecule has 0 radical (unpaired) electrons. The Morgan fingerprint density at radius 1 is 1.32 bits per heavy atom. The summed E-state index contributed by atoms with van der Waals surface area (Å²) in [6.07, 6.45) is 1.38. The lowest BCUT2D eigenvalue weighted by Gasteiger charge is -2.23. The Morgan fingerprint density at radius 3 is 2.60 bits per heavy atom. The highest BCUT2D eigenvalue weighted by Gasteiger charge is 2.37. The largest absolute Gasteiger partial charge is 0.497 e. The van der Waals surface area contributed by atoms with Gasteiger partial charge in [0.1, 0.15) is 35.1 Å². The minimum absolute atomic E-state index is 0.152. The Labute approximate surface area is 142 Å². The smallest absolute Gasteiger partial charge is 0.318 e. The molecule has 1 atom stereocenters. The van der Waals surface area contributed by atoms with Crippen molar-refractivity contribution in [2.45, 2.75) is 6.54 Å². The van der Waals surface area contributed by atoms with Crippen molar-refractivity contribution in [3.63, 3.8) is 0 Å². The Morgan fingerprint density at radius 2 is 2.04 bits per heavy atom. The van der Waals surface area contributed by atoms with Crippen LogP contribution in [-0.4, -0.2) is 39.8 Å². The molecule has 126 valence electrons. The minimum atomic E-state index is -1.43. The van der Waals surface area contributed by atoms with E-state index in [0.29, 0.717) is 23.7 Å². The molecule has 1 aromatic carbocycles. The zero-order chi connectivity index (χ0) is 18.0. The van der Waals surface area contributed by atoms with E-state index in [2.05, 4.69) is 10.4 Å². The number of nitrogens with one attached hydrogen (secondary N) is 1. The summed E-state index contributed by atoms with van der Waals surface area (Å²) in [5, 5.41) is 16.2. The summed E-state index contributed by atoms with van der Waals surface area (Å²) in [5.41, 5.74) is 0.799. The van der Waals surface area contributed by atoms with Crippen molar-refractivity contribution in [1.29, 1.82) is 0 Å². The van der Waals surface area contributed by atoms with Gasteiger partial charge in [-0.2, -0.15) is 5.10 Å². The fourth-order valence-electron chi connectivity index (χ4n) is 2.68. The number of rotatable bonds is 4. The minimum Gasteiger partial charge on any atom is -0.497 e. The molecule has 2 heterocycles. The van der Waals surface area contributed by atoms with E-state index in [9.17, 15) is 19.5 Å². The maximum atomic E-state index is 11.4. The number of fused-ring (bicyclic) bond motifs is 1. The van der Waals surface area contributed by atoms with E-state index in [-0.39, 0.29) is 11.3 Å². The van der Waals surface area contributed by atoms with E-state index in [0.717, 1.165) is 5.56 Å². The number of ether oxygens (including phenoxy) is 1. The molecule has 3 rings (SSSR count). The number of hydrogen-bond acceptors (Lipinski definition) is 6. The number of aliphatic carboxylic acids is 1. The monoisotopic (exact) mass is 339 g/mol. The van der Waals surface area contributed by atoms with Gasteiger partial charge in [0.25, 0.3) is 0 Å². The molecule has 1 aromatic heterocycles. The maximum Gasteiger partial charge on any atom is 0.318 e. The van der Waals surface area contributed by atoms with Crippen LogP contribution in [0.5, 0.6) is 5.75 Å².